The third-order valence-corrected chi connectivity index (χ3v) is 2.53. The molecule has 0 heterocycles. The van der Waals surface area contributed by atoms with Gasteiger partial charge < -0.3 is 4.74 Å². The fourth-order valence-corrected chi connectivity index (χ4v) is 1.83. The zero-order valence-corrected chi connectivity index (χ0v) is 8.64. The summed E-state index contributed by atoms with van der Waals surface area (Å²) in [5, 5.41) is 0.244. The second-order valence-corrected chi connectivity index (χ2v) is 3.69. The highest BCUT2D eigenvalue weighted by Gasteiger charge is 2.15. The van der Waals surface area contributed by atoms with Crippen LogP contribution in [-0.4, -0.2) is 12.6 Å². The van der Waals surface area contributed by atoms with E-state index in [0.717, 1.165) is 12.8 Å². The van der Waals surface area contributed by atoms with Crippen LogP contribution in [0.5, 0.6) is 0 Å². The number of esters is 1. The Morgan fingerprint density at radius 3 is 2.69 bits per heavy atom. The van der Waals surface area contributed by atoms with E-state index in [1.165, 1.54) is 12.8 Å². The van der Waals surface area contributed by atoms with Crippen LogP contribution >= 0.6 is 11.6 Å². The quantitative estimate of drug-likeness (QED) is 0.520. The van der Waals surface area contributed by atoms with Crippen molar-refractivity contribution in [3.63, 3.8) is 0 Å². The molecule has 1 aliphatic carbocycles. The van der Waals surface area contributed by atoms with Crippen molar-refractivity contribution in [3.8, 4) is 0 Å². The average Bonchev–Trinajstić information content (AvgIpc) is 2.57. The number of carbonyl (C=O) groups is 1. The molecule has 1 fully saturated rings. The second kappa shape index (κ2) is 5.28. The van der Waals surface area contributed by atoms with Crippen molar-refractivity contribution in [2.24, 2.45) is 5.92 Å². The molecule has 0 aromatic carbocycles. The minimum absolute atomic E-state index is 0.244. The summed E-state index contributed by atoms with van der Waals surface area (Å²) >= 11 is 5.78. The fourth-order valence-electron chi connectivity index (χ4n) is 1.60. The summed E-state index contributed by atoms with van der Waals surface area (Å²) in [5.41, 5.74) is 0. The molecular formula is C10H15ClO2. The first kappa shape index (κ1) is 10.6. The number of hydrogen-bond donors (Lipinski definition) is 0. The van der Waals surface area contributed by atoms with Crippen LogP contribution in [0.25, 0.3) is 0 Å². The monoisotopic (exact) mass is 202 g/mol. The van der Waals surface area contributed by atoms with Crippen molar-refractivity contribution in [1.29, 1.82) is 0 Å². The third kappa shape index (κ3) is 3.39. The third-order valence-electron chi connectivity index (χ3n) is 2.25. The average molecular weight is 203 g/mol. The highest BCUT2D eigenvalue weighted by Crippen LogP contribution is 2.27. The van der Waals surface area contributed by atoms with Gasteiger partial charge in [0.05, 0.1) is 6.61 Å². The fraction of sp³-hybridized carbons (Fsp3) is 0.700. The predicted molar refractivity (Wildman–Crippen MR) is 52.5 cm³/mol. The molecule has 0 spiro atoms. The minimum Gasteiger partial charge on any atom is -0.462 e. The molecule has 0 unspecified atom stereocenters. The standard InChI is InChI=1S/C10H15ClO2/c1-2-13-10(12)9(11)7-8-5-3-4-6-8/h7-8H,2-6H2,1H3/b9-7+. The first-order valence-corrected chi connectivity index (χ1v) is 5.16. The van der Waals surface area contributed by atoms with Gasteiger partial charge in [0.25, 0.3) is 0 Å². The van der Waals surface area contributed by atoms with Crippen molar-refractivity contribution in [1.82, 2.24) is 0 Å². The number of rotatable bonds is 3. The highest BCUT2D eigenvalue weighted by molar-refractivity contribution is 6.41. The molecule has 3 heteroatoms. The maximum Gasteiger partial charge on any atom is 0.349 e. The molecule has 0 aliphatic heterocycles. The second-order valence-electron chi connectivity index (χ2n) is 3.28. The summed E-state index contributed by atoms with van der Waals surface area (Å²) in [6.45, 7) is 2.16. The van der Waals surface area contributed by atoms with Gasteiger partial charge in [-0.3, -0.25) is 0 Å². The van der Waals surface area contributed by atoms with Crippen LogP contribution in [0.1, 0.15) is 32.6 Å². The van der Waals surface area contributed by atoms with Crippen LogP contribution in [0.3, 0.4) is 0 Å². The zero-order valence-electron chi connectivity index (χ0n) is 7.88. The molecule has 0 aromatic heterocycles. The lowest BCUT2D eigenvalue weighted by atomic mass is 10.1. The highest BCUT2D eigenvalue weighted by atomic mass is 35.5. The summed E-state index contributed by atoms with van der Waals surface area (Å²) in [4.78, 5) is 11.1. The molecule has 0 atom stereocenters. The Morgan fingerprint density at radius 2 is 2.15 bits per heavy atom. The Kier molecular flexibility index (Phi) is 4.29. The number of allylic oxidation sites excluding steroid dienone is 1. The lowest BCUT2D eigenvalue weighted by Crippen LogP contribution is -2.05. The molecule has 0 N–H and O–H groups in total. The van der Waals surface area contributed by atoms with Gasteiger partial charge in [0.15, 0.2) is 0 Å². The lowest BCUT2D eigenvalue weighted by Gasteiger charge is -2.03. The van der Waals surface area contributed by atoms with Crippen LogP contribution in [0, 0.1) is 5.92 Å². The molecule has 0 bridgehead atoms. The van der Waals surface area contributed by atoms with E-state index >= 15 is 0 Å². The van der Waals surface area contributed by atoms with Crippen molar-refractivity contribution in [2.75, 3.05) is 6.61 Å². The first-order chi connectivity index (χ1) is 6.24. The van der Waals surface area contributed by atoms with Crippen molar-refractivity contribution in [2.45, 2.75) is 32.6 Å². The van der Waals surface area contributed by atoms with Crippen molar-refractivity contribution >= 4 is 17.6 Å². The van der Waals surface area contributed by atoms with Crippen LogP contribution in [0.4, 0.5) is 0 Å². The van der Waals surface area contributed by atoms with E-state index in [4.69, 9.17) is 16.3 Å². The Balaban J connectivity index is 2.44. The molecule has 0 radical (unpaired) electrons. The number of halogens is 1. The van der Waals surface area contributed by atoms with Crippen LogP contribution in [-0.2, 0) is 9.53 Å². The zero-order chi connectivity index (χ0) is 9.68. The van der Waals surface area contributed by atoms with Crippen LogP contribution < -0.4 is 0 Å². The summed E-state index contributed by atoms with van der Waals surface area (Å²) < 4.78 is 4.77. The van der Waals surface area contributed by atoms with Crippen LogP contribution in [0.15, 0.2) is 11.1 Å². The molecular weight excluding hydrogens is 188 g/mol. The van der Waals surface area contributed by atoms with Gasteiger partial charge in [-0.2, -0.15) is 0 Å². The van der Waals surface area contributed by atoms with Gasteiger partial charge in [0.2, 0.25) is 0 Å². The lowest BCUT2D eigenvalue weighted by molar-refractivity contribution is -0.137. The van der Waals surface area contributed by atoms with Crippen molar-refractivity contribution < 1.29 is 9.53 Å². The van der Waals surface area contributed by atoms with E-state index in [0.29, 0.717) is 12.5 Å². The Morgan fingerprint density at radius 1 is 1.54 bits per heavy atom. The minimum atomic E-state index is -0.393. The van der Waals surface area contributed by atoms with Gasteiger partial charge >= 0.3 is 5.97 Å². The molecule has 1 aliphatic rings. The predicted octanol–water partition coefficient (Wildman–Crippen LogP) is 2.86. The molecule has 0 aromatic rings. The van der Waals surface area contributed by atoms with Crippen LogP contribution in [0.2, 0.25) is 0 Å². The smallest absolute Gasteiger partial charge is 0.349 e. The molecule has 1 saturated carbocycles. The summed E-state index contributed by atoms with van der Waals surface area (Å²) in [7, 11) is 0. The first-order valence-electron chi connectivity index (χ1n) is 4.78. The molecule has 1 rings (SSSR count). The molecule has 0 amide bonds. The van der Waals surface area contributed by atoms with E-state index in [1.807, 2.05) is 6.08 Å². The van der Waals surface area contributed by atoms with E-state index in [-0.39, 0.29) is 5.03 Å². The Bertz CT molecular complexity index is 205. The van der Waals surface area contributed by atoms with E-state index in [9.17, 15) is 4.79 Å². The topological polar surface area (TPSA) is 26.3 Å². The summed E-state index contributed by atoms with van der Waals surface area (Å²) in [6, 6.07) is 0. The number of carbonyl (C=O) groups excluding carboxylic acids is 1. The van der Waals surface area contributed by atoms with Gasteiger partial charge in [0.1, 0.15) is 5.03 Å². The maximum absolute atomic E-state index is 11.1. The SMILES string of the molecule is CCOC(=O)/C(Cl)=C\C1CCCC1. The van der Waals surface area contributed by atoms with E-state index in [1.54, 1.807) is 6.92 Å². The molecule has 0 saturated heterocycles. The molecule has 2 nitrogen and oxygen atoms in total. The Labute approximate surface area is 83.9 Å². The van der Waals surface area contributed by atoms with Crippen molar-refractivity contribution in [3.05, 3.63) is 11.1 Å². The number of ether oxygens (including phenoxy) is 1. The van der Waals surface area contributed by atoms with E-state index in [2.05, 4.69) is 0 Å². The number of hydrogen-bond acceptors (Lipinski definition) is 2. The maximum atomic E-state index is 11.1. The largest absolute Gasteiger partial charge is 0.462 e. The van der Waals surface area contributed by atoms with E-state index < -0.39 is 5.97 Å². The summed E-state index contributed by atoms with van der Waals surface area (Å²) in [6.07, 6.45) is 6.63. The normalized spacial score (nSPS) is 19.1. The molecule has 13 heavy (non-hydrogen) atoms. The van der Waals surface area contributed by atoms with Gasteiger partial charge in [-0.15, -0.1) is 0 Å². The summed E-state index contributed by atoms with van der Waals surface area (Å²) in [5.74, 6) is 0.0907. The van der Waals surface area contributed by atoms with Gasteiger partial charge in [-0.25, -0.2) is 4.79 Å². The molecule has 74 valence electrons. The van der Waals surface area contributed by atoms with Gasteiger partial charge in [-0.05, 0) is 25.7 Å². The van der Waals surface area contributed by atoms with Gasteiger partial charge in [0, 0.05) is 0 Å². The Hall–Kier alpha value is -0.500. The van der Waals surface area contributed by atoms with Gasteiger partial charge in [-0.1, -0.05) is 30.5 Å².